The van der Waals surface area contributed by atoms with Crippen molar-refractivity contribution < 1.29 is 41.3 Å². The first-order valence-corrected chi connectivity index (χ1v) is 10.8. The van der Waals surface area contributed by atoms with E-state index in [2.05, 4.69) is 0 Å². The standard InChI is InChI=1S/C23H21B2F4NO5/c1-13(22(27,28)29)33-17-7-6-14(10-18(17)32-2)20(31)30-9-8-21(15-4-3-5-16(26)11-15)19(12-30)34-23(24,25)35-21/h3-7,10-11,13,19H,8-9,12H2,1-2H3. The highest BCUT2D eigenvalue weighted by molar-refractivity contribution is 6.38. The minimum atomic E-state index is -4.56. The van der Waals surface area contributed by atoms with E-state index in [1.54, 1.807) is 6.07 Å². The Labute approximate surface area is 202 Å². The molecule has 6 nitrogen and oxygen atoms in total. The first kappa shape index (κ1) is 25.4. The molecule has 0 N–H and O–H groups in total. The highest BCUT2D eigenvalue weighted by atomic mass is 19.4. The normalized spacial score (nSPS) is 24.5. The van der Waals surface area contributed by atoms with E-state index in [1.807, 2.05) is 0 Å². The number of carbonyl (C=O) groups is 1. The molecule has 35 heavy (non-hydrogen) atoms. The highest BCUT2D eigenvalue weighted by Crippen LogP contribution is 2.47. The third-order valence-electron chi connectivity index (χ3n) is 6.10. The van der Waals surface area contributed by atoms with Gasteiger partial charge in [0.2, 0.25) is 0 Å². The molecule has 2 heterocycles. The fourth-order valence-corrected chi connectivity index (χ4v) is 4.34. The zero-order valence-corrected chi connectivity index (χ0v) is 19.0. The van der Waals surface area contributed by atoms with Gasteiger partial charge in [-0.3, -0.25) is 4.79 Å². The molecule has 4 radical (unpaired) electrons. The molecule has 2 aliphatic heterocycles. The summed E-state index contributed by atoms with van der Waals surface area (Å²) in [4.78, 5) is 14.7. The summed E-state index contributed by atoms with van der Waals surface area (Å²) in [6, 6.07) is 9.69. The maximum atomic E-state index is 13.9. The summed E-state index contributed by atoms with van der Waals surface area (Å²) in [5.41, 5.74) is -2.45. The molecular weight excluding hydrogens is 468 g/mol. The van der Waals surface area contributed by atoms with E-state index < -0.39 is 41.3 Å². The Balaban J connectivity index is 1.56. The average molecular weight is 489 g/mol. The second kappa shape index (κ2) is 9.05. The van der Waals surface area contributed by atoms with Crippen molar-refractivity contribution in [1.29, 1.82) is 0 Å². The Morgan fingerprint density at radius 1 is 1.20 bits per heavy atom. The first-order valence-electron chi connectivity index (χ1n) is 10.8. The third-order valence-corrected chi connectivity index (χ3v) is 6.10. The van der Waals surface area contributed by atoms with Crippen LogP contribution in [0.25, 0.3) is 0 Å². The Morgan fingerprint density at radius 3 is 2.60 bits per heavy atom. The van der Waals surface area contributed by atoms with Gasteiger partial charge in [-0.05, 0) is 42.8 Å². The quantitative estimate of drug-likeness (QED) is 0.477. The van der Waals surface area contributed by atoms with Crippen molar-refractivity contribution in [2.75, 3.05) is 20.2 Å². The second-order valence-corrected chi connectivity index (χ2v) is 8.50. The molecule has 0 spiro atoms. The van der Waals surface area contributed by atoms with E-state index in [4.69, 9.17) is 34.6 Å². The lowest BCUT2D eigenvalue weighted by Crippen LogP contribution is -2.53. The fourth-order valence-electron chi connectivity index (χ4n) is 4.34. The number of ether oxygens (including phenoxy) is 4. The van der Waals surface area contributed by atoms with Crippen molar-refractivity contribution in [3.8, 4) is 11.5 Å². The Kier molecular flexibility index (Phi) is 6.56. The molecule has 2 aliphatic rings. The maximum absolute atomic E-state index is 13.9. The molecule has 12 heteroatoms. The van der Waals surface area contributed by atoms with Gasteiger partial charge in [-0.25, -0.2) is 4.39 Å². The lowest BCUT2D eigenvalue weighted by Gasteiger charge is -2.42. The minimum Gasteiger partial charge on any atom is -0.493 e. The molecule has 2 aromatic carbocycles. The monoisotopic (exact) mass is 489 g/mol. The zero-order valence-electron chi connectivity index (χ0n) is 19.0. The van der Waals surface area contributed by atoms with Gasteiger partial charge in [0.25, 0.3) is 5.91 Å². The number of carbonyl (C=O) groups excluding carboxylic acids is 1. The van der Waals surface area contributed by atoms with Crippen molar-refractivity contribution in [3.05, 3.63) is 59.4 Å². The second-order valence-electron chi connectivity index (χ2n) is 8.50. The molecule has 3 unspecified atom stereocenters. The van der Waals surface area contributed by atoms with Crippen LogP contribution in [0.5, 0.6) is 11.5 Å². The number of halogens is 4. The van der Waals surface area contributed by atoms with Crippen LogP contribution < -0.4 is 9.47 Å². The summed E-state index contributed by atoms with van der Waals surface area (Å²) in [6.07, 6.45) is -7.21. The van der Waals surface area contributed by atoms with Gasteiger partial charge in [0, 0.05) is 18.5 Å². The van der Waals surface area contributed by atoms with Crippen molar-refractivity contribution in [2.24, 2.45) is 0 Å². The fraction of sp³-hybridized carbons (Fsp3) is 0.435. The van der Waals surface area contributed by atoms with Crippen molar-refractivity contribution in [3.63, 3.8) is 0 Å². The van der Waals surface area contributed by atoms with Gasteiger partial charge in [0.05, 0.1) is 19.2 Å². The molecule has 3 atom stereocenters. The molecule has 4 rings (SSSR count). The average Bonchev–Trinajstić information content (AvgIpc) is 3.08. The predicted molar refractivity (Wildman–Crippen MR) is 118 cm³/mol. The molecule has 2 aromatic rings. The molecule has 2 saturated heterocycles. The number of methoxy groups -OCH3 is 1. The van der Waals surface area contributed by atoms with Crippen LogP contribution in [0.3, 0.4) is 0 Å². The van der Waals surface area contributed by atoms with Crippen molar-refractivity contribution in [2.45, 2.75) is 42.9 Å². The molecule has 0 saturated carbocycles. The minimum absolute atomic E-state index is 0.0250. The van der Waals surface area contributed by atoms with Crippen LogP contribution >= 0.6 is 0 Å². The van der Waals surface area contributed by atoms with Gasteiger partial charge >= 0.3 is 6.18 Å². The number of amides is 1. The summed E-state index contributed by atoms with van der Waals surface area (Å²) < 4.78 is 74.2. The van der Waals surface area contributed by atoms with Gasteiger partial charge in [0.15, 0.2) is 17.6 Å². The molecule has 1 amide bonds. The Hall–Kier alpha value is -2.72. The number of nitrogens with zero attached hydrogens (tertiary/aromatic N) is 1. The van der Waals surface area contributed by atoms with E-state index in [9.17, 15) is 22.4 Å². The molecule has 0 bridgehead atoms. The predicted octanol–water partition coefficient (Wildman–Crippen LogP) is 3.27. The molecule has 0 aliphatic carbocycles. The third kappa shape index (κ3) is 4.99. The van der Waals surface area contributed by atoms with Crippen molar-refractivity contribution in [1.82, 2.24) is 4.90 Å². The van der Waals surface area contributed by atoms with Crippen LogP contribution in [0.2, 0.25) is 0 Å². The van der Waals surface area contributed by atoms with Crippen LogP contribution in [-0.4, -0.2) is 70.7 Å². The van der Waals surface area contributed by atoms with E-state index in [-0.39, 0.29) is 36.6 Å². The highest BCUT2D eigenvalue weighted by Gasteiger charge is 2.56. The smallest absolute Gasteiger partial charge is 0.425 e. The van der Waals surface area contributed by atoms with Crippen LogP contribution in [0.1, 0.15) is 29.3 Å². The van der Waals surface area contributed by atoms with Crippen LogP contribution in [-0.2, 0) is 15.1 Å². The summed E-state index contributed by atoms with van der Waals surface area (Å²) >= 11 is 0. The number of rotatable bonds is 5. The van der Waals surface area contributed by atoms with Gasteiger partial charge < -0.3 is 23.8 Å². The summed E-state index contributed by atoms with van der Waals surface area (Å²) in [7, 11) is 13.0. The van der Waals surface area contributed by atoms with E-state index in [0.717, 1.165) is 6.92 Å². The van der Waals surface area contributed by atoms with Gasteiger partial charge in [-0.2, -0.15) is 13.2 Å². The number of benzene rings is 2. The molecule has 2 fully saturated rings. The lowest BCUT2D eigenvalue weighted by atomic mass is 9.76. The zero-order chi connectivity index (χ0) is 25.6. The Morgan fingerprint density at radius 2 is 1.94 bits per heavy atom. The van der Waals surface area contributed by atoms with Gasteiger partial charge in [-0.15, -0.1) is 0 Å². The summed E-state index contributed by atoms with van der Waals surface area (Å²) in [5, 5.41) is 0. The van der Waals surface area contributed by atoms with E-state index >= 15 is 0 Å². The van der Waals surface area contributed by atoms with E-state index in [1.165, 1.54) is 48.4 Å². The first-order chi connectivity index (χ1) is 16.3. The maximum Gasteiger partial charge on any atom is 0.425 e. The summed E-state index contributed by atoms with van der Waals surface area (Å²) in [5.74, 6) is -1.08. The van der Waals surface area contributed by atoms with Gasteiger partial charge in [-0.1, -0.05) is 12.1 Å². The molecular formula is C23H21B2F4NO5. The van der Waals surface area contributed by atoms with Gasteiger partial charge in [0.1, 0.15) is 33.2 Å². The topological polar surface area (TPSA) is 57.2 Å². The SMILES string of the molecule is [B]C1([B])OC2CN(C(=O)c3ccc(OC(C)C(F)(F)F)c(OC)c3)CCC2(c2cccc(F)c2)O1. The van der Waals surface area contributed by atoms with Crippen LogP contribution in [0.4, 0.5) is 17.6 Å². The van der Waals surface area contributed by atoms with Crippen molar-refractivity contribution >= 4 is 21.6 Å². The number of alkyl halides is 3. The number of fused-ring (bicyclic) bond motifs is 1. The molecule has 0 aromatic heterocycles. The lowest BCUT2D eigenvalue weighted by molar-refractivity contribution is -0.189. The molecule has 182 valence electrons. The van der Waals surface area contributed by atoms with Crippen LogP contribution in [0, 0.1) is 5.82 Å². The Bertz CT molecular complexity index is 1120. The van der Waals surface area contributed by atoms with Crippen LogP contribution in [0.15, 0.2) is 42.5 Å². The number of hydrogen-bond acceptors (Lipinski definition) is 5. The number of hydrogen-bond donors (Lipinski definition) is 0. The van der Waals surface area contributed by atoms with E-state index in [0.29, 0.717) is 5.56 Å². The number of likely N-dealkylation sites (tertiary alicyclic amines) is 1. The summed E-state index contributed by atoms with van der Waals surface area (Å²) in [6.45, 7) is 1.09. The number of piperidine rings is 1. The largest absolute Gasteiger partial charge is 0.493 e.